The van der Waals surface area contributed by atoms with Gasteiger partial charge in [0.2, 0.25) is 0 Å². The molecule has 0 bridgehead atoms. The van der Waals surface area contributed by atoms with Gasteiger partial charge in [-0.15, -0.1) is 0 Å². The van der Waals surface area contributed by atoms with Crippen molar-refractivity contribution in [2.24, 2.45) is 5.41 Å². The molecule has 0 heterocycles. The Bertz CT molecular complexity index is 427. The zero-order valence-corrected chi connectivity index (χ0v) is 10.3. The zero-order valence-electron chi connectivity index (χ0n) is 10.3. The molecule has 17 heavy (non-hydrogen) atoms. The van der Waals surface area contributed by atoms with Crippen LogP contribution in [0.3, 0.4) is 0 Å². The highest BCUT2D eigenvalue weighted by atomic mass is 16.4. The SMILES string of the molecule is CC(C)(C)C(O)c1ccccc1/C=C/C(=O)O. The smallest absolute Gasteiger partial charge is 0.328 e. The Labute approximate surface area is 101 Å². The molecule has 0 amide bonds. The van der Waals surface area contributed by atoms with Gasteiger partial charge in [0, 0.05) is 6.08 Å². The molecular formula is C14H18O3. The highest BCUT2D eigenvalue weighted by Crippen LogP contribution is 2.34. The molecule has 1 unspecified atom stereocenters. The van der Waals surface area contributed by atoms with Crippen LogP contribution in [-0.4, -0.2) is 16.2 Å². The highest BCUT2D eigenvalue weighted by molar-refractivity contribution is 5.85. The summed E-state index contributed by atoms with van der Waals surface area (Å²) in [5.74, 6) is -0.995. The second-order valence-electron chi connectivity index (χ2n) is 5.07. The van der Waals surface area contributed by atoms with Gasteiger partial charge in [0.05, 0.1) is 6.10 Å². The molecule has 1 rings (SSSR count). The van der Waals surface area contributed by atoms with Crippen molar-refractivity contribution in [1.29, 1.82) is 0 Å². The molecule has 0 saturated heterocycles. The lowest BCUT2D eigenvalue weighted by molar-refractivity contribution is -0.131. The normalized spacial score (nSPS) is 13.9. The number of benzene rings is 1. The molecular weight excluding hydrogens is 216 g/mol. The quantitative estimate of drug-likeness (QED) is 0.791. The fourth-order valence-corrected chi connectivity index (χ4v) is 1.54. The van der Waals surface area contributed by atoms with Crippen molar-refractivity contribution in [3.05, 3.63) is 41.5 Å². The number of rotatable bonds is 3. The molecule has 0 aromatic heterocycles. The lowest BCUT2D eigenvalue weighted by Crippen LogP contribution is -2.18. The third kappa shape index (κ3) is 3.71. The second kappa shape index (κ2) is 5.15. The van der Waals surface area contributed by atoms with Crippen molar-refractivity contribution in [3.63, 3.8) is 0 Å². The molecule has 0 saturated carbocycles. The van der Waals surface area contributed by atoms with E-state index in [0.717, 1.165) is 17.2 Å². The summed E-state index contributed by atoms with van der Waals surface area (Å²) in [6, 6.07) is 7.27. The summed E-state index contributed by atoms with van der Waals surface area (Å²) < 4.78 is 0. The summed E-state index contributed by atoms with van der Waals surface area (Å²) >= 11 is 0. The average molecular weight is 234 g/mol. The van der Waals surface area contributed by atoms with Gasteiger partial charge >= 0.3 is 5.97 Å². The number of aliphatic carboxylic acids is 1. The summed E-state index contributed by atoms with van der Waals surface area (Å²) in [7, 11) is 0. The van der Waals surface area contributed by atoms with Gasteiger partial charge < -0.3 is 10.2 Å². The third-order valence-corrected chi connectivity index (χ3v) is 2.52. The van der Waals surface area contributed by atoms with E-state index in [-0.39, 0.29) is 5.41 Å². The number of hydrogen-bond acceptors (Lipinski definition) is 2. The Morgan fingerprint density at radius 3 is 2.41 bits per heavy atom. The minimum absolute atomic E-state index is 0.285. The standard InChI is InChI=1S/C14H18O3/c1-14(2,3)13(17)11-7-5-4-6-10(11)8-9-12(15)16/h4-9,13,17H,1-3H3,(H,15,16)/b9-8+. The Hall–Kier alpha value is -1.61. The van der Waals surface area contributed by atoms with Crippen molar-refractivity contribution in [1.82, 2.24) is 0 Å². The Kier molecular flexibility index (Phi) is 4.07. The van der Waals surface area contributed by atoms with E-state index < -0.39 is 12.1 Å². The molecule has 1 atom stereocenters. The summed E-state index contributed by atoms with van der Waals surface area (Å²) in [4.78, 5) is 10.5. The van der Waals surface area contributed by atoms with E-state index in [4.69, 9.17) is 5.11 Å². The van der Waals surface area contributed by atoms with E-state index in [9.17, 15) is 9.90 Å². The zero-order chi connectivity index (χ0) is 13.1. The van der Waals surface area contributed by atoms with Crippen molar-refractivity contribution in [3.8, 4) is 0 Å². The minimum Gasteiger partial charge on any atom is -0.478 e. The molecule has 0 fully saturated rings. The van der Waals surface area contributed by atoms with Crippen molar-refractivity contribution in [2.75, 3.05) is 0 Å². The molecule has 3 heteroatoms. The van der Waals surface area contributed by atoms with E-state index >= 15 is 0 Å². The Morgan fingerprint density at radius 1 is 1.29 bits per heavy atom. The van der Waals surface area contributed by atoms with Crippen LogP contribution in [0.2, 0.25) is 0 Å². The fraction of sp³-hybridized carbons (Fsp3) is 0.357. The van der Waals surface area contributed by atoms with Crippen LogP contribution in [0.5, 0.6) is 0 Å². The van der Waals surface area contributed by atoms with Crippen molar-refractivity contribution < 1.29 is 15.0 Å². The van der Waals surface area contributed by atoms with Crippen molar-refractivity contribution in [2.45, 2.75) is 26.9 Å². The predicted octanol–water partition coefficient (Wildman–Crippen LogP) is 2.86. The van der Waals surface area contributed by atoms with Crippen LogP contribution in [0.25, 0.3) is 6.08 Å². The maximum Gasteiger partial charge on any atom is 0.328 e. The van der Waals surface area contributed by atoms with Crippen LogP contribution < -0.4 is 0 Å². The van der Waals surface area contributed by atoms with Gasteiger partial charge in [0.1, 0.15) is 0 Å². The number of hydrogen-bond donors (Lipinski definition) is 2. The van der Waals surface area contributed by atoms with E-state index in [2.05, 4.69) is 0 Å². The second-order valence-corrected chi connectivity index (χ2v) is 5.07. The third-order valence-electron chi connectivity index (χ3n) is 2.52. The van der Waals surface area contributed by atoms with E-state index in [1.54, 1.807) is 6.07 Å². The largest absolute Gasteiger partial charge is 0.478 e. The number of carboxylic acid groups (broad SMARTS) is 1. The van der Waals surface area contributed by atoms with Crippen LogP contribution >= 0.6 is 0 Å². The van der Waals surface area contributed by atoms with Gasteiger partial charge in [-0.1, -0.05) is 45.0 Å². The fourth-order valence-electron chi connectivity index (χ4n) is 1.54. The van der Waals surface area contributed by atoms with Gasteiger partial charge in [-0.2, -0.15) is 0 Å². The maximum absolute atomic E-state index is 10.5. The van der Waals surface area contributed by atoms with Gasteiger partial charge in [0.15, 0.2) is 0 Å². The number of carboxylic acids is 1. The maximum atomic E-state index is 10.5. The predicted molar refractivity (Wildman–Crippen MR) is 67.5 cm³/mol. The molecule has 92 valence electrons. The van der Waals surface area contributed by atoms with Crippen LogP contribution in [0, 0.1) is 5.41 Å². The lowest BCUT2D eigenvalue weighted by atomic mass is 9.83. The number of aliphatic hydroxyl groups excluding tert-OH is 1. The molecule has 3 nitrogen and oxygen atoms in total. The molecule has 1 aromatic rings. The number of aliphatic hydroxyl groups is 1. The summed E-state index contributed by atoms with van der Waals surface area (Å²) in [5, 5.41) is 18.8. The minimum atomic E-state index is -0.995. The Morgan fingerprint density at radius 2 is 1.88 bits per heavy atom. The van der Waals surface area contributed by atoms with Crippen LogP contribution in [0.4, 0.5) is 0 Å². The first kappa shape index (κ1) is 13.5. The summed E-state index contributed by atoms with van der Waals surface area (Å²) in [5.41, 5.74) is 1.20. The summed E-state index contributed by atoms with van der Waals surface area (Å²) in [6.07, 6.45) is 1.96. The average Bonchev–Trinajstić information content (AvgIpc) is 2.24. The molecule has 2 N–H and O–H groups in total. The molecule has 0 radical (unpaired) electrons. The van der Waals surface area contributed by atoms with Crippen LogP contribution in [0.15, 0.2) is 30.3 Å². The van der Waals surface area contributed by atoms with Gasteiger partial charge in [-0.3, -0.25) is 0 Å². The lowest BCUT2D eigenvalue weighted by Gasteiger charge is -2.27. The first-order valence-electron chi connectivity index (χ1n) is 5.50. The molecule has 0 spiro atoms. The van der Waals surface area contributed by atoms with Gasteiger partial charge in [-0.25, -0.2) is 4.79 Å². The molecule has 0 aliphatic rings. The Balaban J connectivity index is 3.12. The first-order valence-corrected chi connectivity index (χ1v) is 5.50. The highest BCUT2D eigenvalue weighted by Gasteiger charge is 2.25. The topological polar surface area (TPSA) is 57.5 Å². The first-order chi connectivity index (χ1) is 7.82. The molecule has 0 aliphatic carbocycles. The van der Waals surface area contributed by atoms with E-state index in [0.29, 0.717) is 0 Å². The summed E-state index contributed by atoms with van der Waals surface area (Å²) in [6.45, 7) is 5.82. The van der Waals surface area contributed by atoms with E-state index in [1.165, 1.54) is 6.08 Å². The van der Waals surface area contributed by atoms with Crippen LogP contribution in [0.1, 0.15) is 38.0 Å². The monoisotopic (exact) mass is 234 g/mol. The number of carbonyl (C=O) groups is 1. The van der Waals surface area contributed by atoms with Crippen LogP contribution in [-0.2, 0) is 4.79 Å². The van der Waals surface area contributed by atoms with Gasteiger partial charge in [-0.05, 0) is 22.6 Å². The van der Waals surface area contributed by atoms with E-state index in [1.807, 2.05) is 39.0 Å². The van der Waals surface area contributed by atoms with Gasteiger partial charge in [0.25, 0.3) is 0 Å². The van der Waals surface area contributed by atoms with Crippen molar-refractivity contribution >= 4 is 12.0 Å². The molecule has 0 aliphatic heterocycles. The molecule has 1 aromatic carbocycles.